The summed E-state index contributed by atoms with van der Waals surface area (Å²) in [6.07, 6.45) is 1.06. The molecule has 1 amide bonds. The van der Waals surface area contributed by atoms with Crippen molar-refractivity contribution >= 4 is 48.5 Å². The van der Waals surface area contributed by atoms with Crippen molar-refractivity contribution < 1.29 is 26.7 Å². The number of hydrogen-bond donors (Lipinski definition) is 3. The van der Waals surface area contributed by atoms with Gasteiger partial charge in [0.25, 0.3) is 5.91 Å². The Balaban J connectivity index is 1.28. The van der Waals surface area contributed by atoms with Crippen LogP contribution >= 0.6 is 11.3 Å². The average molecular weight is 645 g/mol. The van der Waals surface area contributed by atoms with Crippen molar-refractivity contribution in [2.24, 2.45) is 0 Å². The van der Waals surface area contributed by atoms with E-state index in [1.165, 1.54) is 18.4 Å². The van der Waals surface area contributed by atoms with Crippen LogP contribution in [0.2, 0.25) is 0 Å². The van der Waals surface area contributed by atoms with Gasteiger partial charge >= 0.3 is 0 Å². The Morgan fingerprint density at radius 1 is 1.11 bits per heavy atom. The number of nitrogens with one attached hydrogen (secondary N) is 3. The van der Waals surface area contributed by atoms with Gasteiger partial charge in [-0.25, -0.2) is 17.2 Å². The molecule has 1 aliphatic heterocycles. The van der Waals surface area contributed by atoms with Crippen LogP contribution < -0.4 is 20.7 Å². The predicted molar refractivity (Wildman–Crippen MR) is 173 cm³/mol. The largest absolute Gasteiger partial charge is 0.495 e. The molecule has 0 atom stereocenters. The lowest BCUT2D eigenvalue weighted by atomic mass is 9.90. The number of halogens is 2. The summed E-state index contributed by atoms with van der Waals surface area (Å²) >= 11 is 1.43. The number of sulfone groups is 1. The Kier molecular flexibility index (Phi) is 10.3. The van der Waals surface area contributed by atoms with Crippen LogP contribution in [0, 0.1) is 11.8 Å². The monoisotopic (exact) mass is 644 g/mol. The molecule has 44 heavy (non-hydrogen) atoms. The lowest BCUT2D eigenvalue weighted by Crippen LogP contribution is -2.48. The maximum atomic E-state index is 13.7. The smallest absolute Gasteiger partial charge is 0.251 e. The van der Waals surface area contributed by atoms with Crippen LogP contribution in [-0.4, -0.2) is 83.0 Å². The first-order chi connectivity index (χ1) is 21.2. The van der Waals surface area contributed by atoms with Crippen molar-refractivity contribution in [2.75, 3.05) is 55.9 Å². The summed E-state index contributed by atoms with van der Waals surface area (Å²) < 4.78 is 57.3. The van der Waals surface area contributed by atoms with Gasteiger partial charge in [0.15, 0.2) is 9.84 Å². The van der Waals surface area contributed by atoms with Crippen molar-refractivity contribution in [3.63, 3.8) is 0 Å². The first-order valence-corrected chi connectivity index (χ1v) is 17.5. The molecule has 1 saturated carbocycles. The number of nitrogens with zero attached hydrogens (tertiary/aromatic N) is 1. The van der Waals surface area contributed by atoms with E-state index >= 15 is 0 Å². The molecule has 236 valence electrons. The third-order valence-electron chi connectivity index (χ3n) is 8.39. The van der Waals surface area contributed by atoms with Crippen LogP contribution in [0.4, 0.5) is 20.2 Å². The molecule has 1 saturated heterocycles. The third kappa shape index (κ3) is 7.62. The highest BCUT2D eigenvalue weighted by Crippen LogP contribution is 2.38. The SMILES string of the molecule is CNC(=O)c1ccc(NCC#Cc2sc3c(NC4CCC(N5CCS(=O)(=O)CC5)CC4)cccc3c2CC(F)F)c(OC)c1. The Labute approximate surface area is 261 Å². The minimum absolute atomic E-state index is 0.218. The molecular weight excluding hydrogens is 607 g/mol. The van der Waals surface area contributed by atoms with Crippen LogP contribution in [0.25, 0.3) is 10.1 Å². The molecule has 2 fully saturated rings. The van der Waals surface area contributed by atoms with Crippen molar-refractivity contribution in [1.82, 2.24) is 10.2 Å². The summed E-state index contributed by atoms with van der Waals surface area (Å²) in [5.74, 6) is 6.97. The molecule has 2 aromatic carbocycles. The van der Waals surface area contributed by atoms with Crippen LogP contribution in [-0.2, 0) is 16.3 Å². The van der Waals surface area contributed by atoms with Crippen LogP contribution in [0.3, 0.4) is 0 Å². The van der Waals surface area contributed by atoms with E-state index in [1.807, 2.05) is 18.2 Å². The molecule has 0 unspecified atom stereocenters. The maximum absolute atomic E-state index is 13.7. The van der Waals surface area contributed by atoms with Gasteiger partial charge in [-0.05, 0) is 60.9 Å². The number of fused-ring (bicyclic) bond motifs is 1. The lowest BCUT2D eigenvalue weighted by Gasteiger charge is -2.39. The van der Waals surface area contributed by atoms with Crippen molar-refractivity contribution in [2.45, 2.75) is 50.6 Å². The van der Waals surface area contributed by atoms with Crippen molar-refractivity contribution in [1.29, 1.82) is 0 Å². The summed E-state index contributed by atoms with van der Waals surface area (Å²) in [7, 11) is 0.189. The summed E-state index contributed by atoms with van der Waals surface area (Å²) in [5.41, 5.74) is 2.64. The highest BCUT2D eigenvalue weighted by Gasteiger charge is 2.30. The Morgan fingerprint density at radius 3 is 2.55 bits per heavy atom. The number of benzene rings is 2. The Bertz CT molecular complexity index is 1640. The van der Waals surface area contributed by atoms with E-state index in [2.05, 4.69) is 32.7 Å². The van der Waals surface area contributed by atoms with E-state index in [9.17, 15) is 22.0 Å². The van der Waals surface area contributed by atoms with E-state index in [-0.39, 0.29) is 36.4 Å². The van der Waals surface area contributed by atoms with E-state index in [1.54, 1.807) is 25.2 Å². The number of carbonyl (C=O) groups excluding carboxylic acids is 1. The highest BCUT2D eigenvalue weighted by molar-refractivity contribution is 7.91. The van der Waals surface area contributed by atoms with Gasteiger partial charge < -0.3 is 20.7 Å². The van der Waals surface area contributed by atoms with Gasteiger partial charge in [-0.1, -0.05) is 24.0 Å². The van der Waals surface area contributed by atoms with Gasteiger partial charge in [0.05, 0.1) is 46.1 Å². The molecule has 2 heterocycles. The number of carbonyl (C=O) groups is 1. The zero-order chi connectivity index (χ0) is 31.3. The topological polar surface area (TPSA) is 99.8 Å². The second-order valence-corrected chi connectivity index (χ2v) is 14.5. The first-order valence-electron chi connectivity index (χ1n) is 14.8. The van der Waals surface area contributed by atoms with E-state index in [0.29, 0.717) is 46.6 Å². The highest BCUT2D eigenvalue weighted by atomic mass is 32.2. The van der Waals surface area contributed by atoms with E-state index < -0.39 is 16.3 Å². The fourth-order valence-corrected chi connectivity index (χ4v) is 8.44. The molecule has 0 radical (unpaired) electrons. The number of rotatable bonds is 9. The average Bonchev–Trinajstić information content (AvgIpc) is 3.36. The molecule has 1 aromatic heterocycles. The number of alkyl halides is 2. The zero-order valence-electron chi connectivity index (χ0n) is 24.9. The van der Waals surface area contributed by atoms with Gasteiger partial charge in [-0.15, -0.1) is 11.3 Å². The van der Waals surface area contributed by atoms with Crippen molar-refractivity contribution in [3.8, 4) is 17.6 Å². The maximum Gasteiger partial charge on any atom is 0.251 e. The molecule has 0 bridgehead atoms. The van der Waals surface area contributed by atoms with Gasteiger partial charge in [0.1, 0.15) is 5.75 Å². The number of methoxy groups -OCH3 is 1. The fraction of sp³-hybridized carbons (Fsp3) is 0.469. The predicted octanol–water partition coefficient (Wildman–Crippen LogP) is 4.99. The number of hydrogen-bond acceptors (Lipinski definition) is 8. The Hall–Kier alpha value is -3.40. The Morgan fingerprint density at radius 2 is 1.86 bits per heavy atom. The lowest BCUT2D eigenvalue weighted by molar-refractivity contribution is 0.0962. The quantitative estimate of drug-likeness (QED) is 0.282. The second kappa shape index (κ2) is 14.1. The first kappa shape index (κ1) is 32.0. The van der Waals surface area contributed by atoms with Gasteiger partial charge in [-0.3, -0.25) is 9.69 Å². The van der Waals surface area contributed by atoms with E-state index in [4.69, 9.17) is 4.74 Å². The molecule has 0 spiro atoms. The van der Waals surface area contributed by atoms with Crippen LogP contribution in [0.5, 0.6) is 5.75 Å². The van der Waals surface area contributed by atoms with Gasteiger partial charge in [-0.2, -0.15) is 0 Å². The van der Waals surface area contributed by atoms with Crippen LogP contribution in [0.15, 0.2) is 36.4 Å². The number of thiophene rings is 1. The van der Waals surface area contributed by atoms with Gasteiger partial charge in [0.2, 0.25) is 6.43 Å². The molecule has 3 aromatic rings. The molecule has 3 N–H and O–H groups in total. The molecule has 12 heteroatoms. The van der Waals surface area contributed by atoms with E-state index in [0.717, 1.165) is 41.5 Å². The second-order valence-electron chi connectivity index (χ2n) is 11.2. The molecule has 5 rings (SSSR count). The number of amides is 1. The minimum Gasteiger partial charge on any atom is -0.495 e. The summed E-state index contributed by atoms with van der Waals surface area (Å²) in [5, 5.41) is 10.2. The molecule has 2 aliphatic rings. The van der Waals surface area contributed by atoms with Gasteiger partial charge in [0, 0.05) is 44.2 Å². The summed E-state index contributed by atoms with van der Waals surface area (Å²) in [4.78, 5) is 14.9. The zero-order valence-corrected chi connectivity index (χ0v) is 26.6. The molecule has 8 nitrogen and oxygen atoms in total. The normalized spacial score (nSPS) is 20.1. The summed E-state index contributed by atoms with van der Waals surface area (Å²) in [6.45, 7) is 1.49. The minimum atomic E-state index is -2.89. The van der Waals surface area contributed by atoms with Crippen LogP contribution in [0.1, 0.15) is 46.5 Å². The number of ether oxygens (including phenoxy) is 1. The summed E-state index contributed by atoms with van der Waals surface area (Å²) in [6, 6.07) is 11.5. The number of anilines is 2. The third-order valence-corrected chi connectivity index (χ3v) is 11.2. The van der Waals surface area contributed by atoms with Crippen molar-refractivity contribution in [3.05, 3.63) is 52.4 Å². The molecular formula is C32H38F2N4O4S2. The standard InChI is InChI=1S/C32H38F2N4O4S2/c1-35-32(39)21-8-13-26(28(19-21)42-2)36-14-4-7-29-25(20-30(33)34)24-5-3-6-27(31(24)43-29)37-22-9-11-23(12-10-22)38-15-17-44(40,41)18-16-38/h3,5-6,8,13,19,22-23,30,36-37H,9-12,14-18,20H2,1-2H3,(H,35,39). The molecule has 1 aliphatic carbocycles. The fourth-order valence-electron chi connectivity index (χ4n) is 6.03.